The molecule has 0 unspecified atom stereocenters. The molecule has 3 heteroatoms. The predicted molar refractivity (Wildman–Crippen MR) is 66.8 cm³/mol. The minimum absolute atomic E-state index is 0.743. The Labute approximate surface area is 92.8 Å². The van der Waals surface area contributed by atoms with E-state index in [-0.39, 0.29) is 0 Å². The number of nitrogens with one attached hydrogen (secondary N) is 1. The molecule has 0 aliphatic carbocycles. The summed E-state index contributed by atoms with van der Waals surface area (Å²) < 4.78 is 5.37. The molecule has 1 heterocycles. The van der Waals surface area contributed by atoms with Gasteiger partial charge in [-0.2, -0.15) is 0 Å². The molecular formula is C13H12N2O. The Hall–Kier alpha value is -2.16. The maximum absolute atomic E-state index is 5.96. The molecule has 0 amide bonds. The number of aromatic nitrogens is 1. The molecule has 0 saturated carbocycles. The van der Waals surface area contributed by atoms with Crippen LogP contribution in [0.3, 0.4) is 0 Å². The molecule has 80 valence electrons. The number of anilines is 1. The number of nitrogen functional groups attached to an aromatic ring is 1. The lowest BCUT2D eigenvalue weighted by Crippen LogP contribution is -1.89. The van der Waals surface area contributed by atoms with Crippen molar-refractivity contribution in [2.24, 2.45) is 0 Å². The fourth-order valence-corrected chi connectivity index (χ4v) is 2.12. The number of nitrogens with two attached hydrogens (primary N) is 1. The highest BCUT2D eigenvalue weighted by Gasteiger charge is 2.10. The van der Waals surface area contributed by atoms with Gasteiger partial charge < -0.3 is 15.5 Å². The van der Waals surface area contributed by atoms with E-state index in [0.29, 0.717) is 0 Å². The van der Waals surface area contributed by atoms with Gasteiger partial charge in [-0.1, -0.05) is 18.2 Å². The Bertz CT molecular complexity index is 670. The summed E-state index contributed by atoms with van der Waals surface area (Å²) in [6.45, 7) is 0. The van der Waals surface area contributed by atoms with E-state index in [1.807, 2.05) is 30.3 Å². The summed E-state index contributed by atoms with van der Waals surface area (Å²) in [4.78, 5) is 3.32. The summed E-state index contributed by atoms with van der Waals surface area (Å²) in [6.07, 6.45) is 0. The smallest absolute Gasteiger partial charge is 0.129 e. The summed E-state index contributed by atoms with van der Waals surface area (Å²) in [7, 11) is 1.67. The Morgan fingerprint density at radius 3 is 2.75 bits per heavy atom. The molecule has 3 N–H and O–H groups in total. The largest absolute Gasteiger partial charge is 0.496 e. The van der Waals surface area contributed by atoms with E-state index in [0.717, 1.165) is 33.2 Å². The summed E-state index contributed by atoms with van der Waals surface area (Å²) >= 11 is 0. The zero-order valence-corrected chi connectivity index (χ0v) is 8.95. The van der Waals surface area contributed by atoms with E-state index in [4.69, 9.17) is 10.5 Å². The number of methoxy groups -OCH3 is 1. The summed E-state index contributed by atoms with van der Waals surface area (Å²) in [5.74, 6) is 0.849. The van der Waals surface area contributed by atoms with Gasteiger partial charge in [-0.25, -0.2) is 0 Å². The maximum atomic E-state index is 5.96. The van der Waals surface area contributed by atoms with E-state index in [1.54, 1.807) is 7.11 Å². The second-order valence-electron chi connectivity index (χ2n) is 3.78. The minimum Gasteiger partial charge on any atom is -0.496 e. The van der Waals surface area contributed by atoms with Crippen LogP contribution in [0.25, 0.3) is 21.8 Å². The van der Waals surface area contributed by atoms with Crippen LogP contribution in [0.1, 0.15) is 0 Å². The summed E-state index contributed by atoms with van der Waals surface area (Å²) in [5.41, 5.74) is 8.72. The van der Waals surface area contributed by atoms with Gasteiger partial charge in [0, 0.05) is 10.9 Å². The number of hydrogen-bond donors (Lipinski definition) is 2. The maximum Gasteiger partial charge on any atom is 0.129 e. The standard InChI is InChI=1S/C13H12N2O/c1-16-11-7-6-9(14)13-12(11)8-4-2-3-5-10(8)15-13/h2-7,15H,14H2,1H3. The van der Waals surface area contributed by atoms with E-state index in [1.165, 1.54) is 0 Å². The van der Waals surface area contributed by atoms with E-state index in [9.17, 15) is 0 Å². The van der Waals surface area contributed by atoms with Crippen LogP contribution in [-0.4, -0.2) is 12.1 Å². The van der Waals surface area contributed by atoms with E-state index < -0.39 is 0 Å². The van der Waals surface area contributed by atoms with Crippen LogP contribution in [0.2, 0.25) is 0 Å². The molecule has 3 rings (SSSR count). The van der Waals surface area contributed by atoms with Crippen molar-refractivity contribution in [1.82, 2.24) is 4.98 Å². The number of para-hydroxylation sites is 1. The van der Waals surface area contributed by atoms with Gasteiger partial charge in [0.2, 0.25) is 0 Å². The summed E-state index contributed by atoms with van der Waals surface area (Å²) in [5, 5.41) is 2.19. The Morgan fingerprint density at radius 2 is 1.94 bits per heavy atom. The molecule has 0 radical (unpaired) electrons. The molecule has 0 spiro atoms. The van der Waals surface area contributed by atoms with Crippen LogP contribution >= 0.6 is 0 Å². The first-order valence-electron chi connectivity index (χ1n) is 5.14. The first-order chi connectivity index (χ1) is 7.81. The topological polar surface area (TPSA) is 51.0 Å². The molecule has 3 nitrogen and oxygen atoms in total. The van der Waals surface area contributed by atoms with Crippen molar-refractivity contribution in [3.05, 3.63) is 36.4 Å². The molecule has 0 aliphatic heterocycles. The van der Waals surface area contributed by atoms with Gasteiger partial charge in [-0.15, -0.1) is 0 Å². The molecule has 1 aromatic heterocycles. The van der Waals surface area contributed by atoms with Gasteiger partial charge >= 0.3 is 0 Å². The van der Waals surface area contributed by atoms with Crippen molar-refractivity contribution in [2.75, 3.05) is 12.8 Å². The zero-order chi connectivity index (χ0) is 11.1. The van der Waals surface area contributed by atoms with E-state index in [2.05, 4.69) is 11.1 Å². The van der Waals surface area contributed by atoms with Crippen molar-refractivity contribution >= 4 is 27.5 Å². The summed E-state index contributed by atoms with van der Waals surface area (Å²) in [6, 6.07) is 11.9. The van der Waals surface area contributed by atoms with Crippen molar-refractivity contribution in [2.45, 2.75) is 0 Å². The van der Waals surface area contributed by atoms with Crippen LogP contribution < -0.4 is 10.5 Å². The van der Waals surface area contributed by atoms with Gasteiger partial charge in [0.15, 0.2) is 0 Å². The predicted octanol–water partition coefficient (Wildman–Crippen LogP) is 2.91. The number of ether oxygens (including phenoxy) is 1. The van der Waals surface area contributed by atoms with Gasteiger partial charge in [-0.05, 0) is 18.2 Å². The van der Waals surface area contributed by atoms with Gasteiger partial charge in [0.1, 0.15) is 5.75 Å². The van der Waals surface area contributed by atoms with Crippen LogP contribution in [0.5, 0.6) is 5.75 Å². The molecule has 0 saturated heterocycles. The first kappa shape index (κ1) is 9.09. The highest BCUT2D eigenvalue weighted by molar-refractivity contribution is 6.13. The Morgan fingerprint density at radius 1 is 1.12 bits per heavy atom. The Balaban J connectivity index is 2.59. The van der Waals surface area contributed by atoms with Crippen molar-refractivity contribution in [3.8, 4) is 5.75 Å². The molecule has 0 aliphatic rings. The second kappa shape index (κ2) is 3.17. The normalized spacial score (nSPS) is 11.1. The molecule has 0 fully saturated rings. The zero-order valence-electron chi connectivity index (χ0n) is 8.95. The second-order valence-corrected chi connectivity index (χ2v) is 3.78. The van der Waals surface area contributed by atoms with Crippen LogP contribution in [0.15, 0.2) is 36.4 Å². The average Bonchev–Trinajstić information content (AvgIpc) is 2.70. The first-order valence-corrected chi connectivity index (χ1v) is 5.14. The molecule has 3 aromatic rings. The molecule has 2 aromatic carbocycles. The number of aromatic amines is 1. The number of H-pyrrole nitrogens is 1. The van der Waals surface area contributed by atoms with Gasteiger partial charge in [-0.3, -0.25) is 0 Å². The molecular weight excluding hydrogens is 200 g/mol. The highest BCUT2D eigenvalue weighted by atomic mass is 16.5. The Kier molecular flexibility index (Phi) is 1.80. The average molecular weight is 212 g/mol. The third kappa shape index (κ3) is 1.08. The lowest BCUT2D eigenvalue weighted by molar-refractivity contribution is 0.420. The van der Waals surface area contributed by atoms with Gasteiger partial charge in [0.05, 0.1) is 23.7 Å². The van der Waals surface area contributed by atoms with Crippen LogP contribution in [0, 0.1) is 0 Å². The van der Waals surface area contributed by atoms with E-state index >= 15 is 0 Å². The fourth-order valence-electron chi connectivity index (χ4n) is 2.12. The number of fused-ring (bicyclic) bond motifs is 3. The molecule has 16 heavy (non-hydrogen) atoms. The van der Waals surface area contributed by atoms with Crippen LogP contribution in [0.4, 0.5) is 5.69 Å². The van der Waals surface area contributed by atoms with Crippen LogP contribution in [-0.2, 0) is 0 Å². The SMILES string of the molecule is COc1ccc(N)c2[nH]c3ccccc3c12. The molecule has 0 bridgehead atoms. The quantitative estimate of drug-likeness (QED) is 0.609. The number of rotatable bonds is 1. The lowest BCUT2D eigenvalue weighted by Gasteiger charge is -2.03. The van der Waals surface area contributed by atoms with Crippen molar-refractivity contribution in [1.29, 1.82) is 0 Å². The monoisotopic (exact) mass is 212 g/mol. The van der Waals surface area contributed by atoms with Crippen molar-refractivity contribution in [3.63, 3.8) is 0 Å². The minimum atomic E-state index is 0.743. The van der Waals surface area contributed by atoms with Gasteiger partial charge in [0.25, 0.3) is 0 Å². The number of benzene rings is 2. The fraction of sp³-hybridized carbons (Fsp3) is 0.0769. The highest BCUT2D eigenvalue weighted by Crippen LogP contribution is 2.35. The third-order valence-corrected chi connectivity index (χ3v) is 2.88. The number of hydrogen-bond acceptors (Lipinski definition) is 2. The van der Waals surface area contributed by atoms with Crippen molar-refractivity contribution < 1.29 is 4.74 Å². The molecule has 0 atom stereocenters. The lowest BCUT2D eigenvalue weighted by atomic mass is 10.1. The third-order valence-electron chi connectivity index (χ3n) is 2.88.